The smallest absolute Gasteiger partial charge is 0.133 e. The number of imidazole rings is 1. The molecule has 0 aliphatic heterocycles. The lowest BCUT2D eigenvalue weighted by atomic mass is 9.77. The van der Waals surface area contributed by atoms with Crippen molar-refractivity contribution in [2.45, 2.75) is 32.6 Å². The van der Waals surface area contributed by atoms with Crippen molar-refractivity contribution >= 4 is 5.78 Å². The molecule has 15 heavy (non-hydrogen) atoms. The van der Waals surface area contributed by atoms with E-state index in [0.717, 1.165) is 25.7 Å². The zero-order valence-corrected chi connectivity index (χ0v) is 9.44. The molecule has 1 aliphatic rings. The first-order chi connectivity index (χ1) is 7.16. The summed E-state index contributed by atoms with van der Waals surface area (Å²) >= 11 is 0. The van der Waals surface area contributed by atoms with E-state index in [4.69, 9.17) is 0 Å². The van der Waals surface area contributed by atoms with E-state index in [0.29, 0.717) is 17.6 Å². The van der Waals surface area contributed by atoms with Crippen molar-refractivity contribution in [2.24, 2.45) is 18.9 Å². The third kappa shape index (κ3) is 2.28. The minimum absolute atomic E-state index is 0.431. The largest absolute Gasteiger partial charge is 0.338 e. The number of aromatic nitrogens is 2. The van der Waals surface area contributed by atoms with Crippen LogP contribution in [0.1, 0.15) is 31.9 Å². The molecule has 1 heterocycles. The number of aryl methyl sites for hydroxylation is 1. The Morgan fingerprint density at radius 3 is 3.07 bits per heavy atom. The topological polar surface area (TPSA) is 34.9 Å². The van der Waals surface area contributed by atoms with Crippen LogP contribution in [0.3, 0.4) is 0 Å². The van der Waals surface area contributed by atoms with Gasteiger partial charge in [0.2, 0.25) is 0 Å². The fourth-order valence-electron chi connectivity index (χ4n) is 2.34. The molecule has 2 atom stereocenters. The van der Waals surface area contributed by atoms with Gasteiger partial charge in [0.1, 0.15) is 5.78 Å². The summed E-state index contributed by atoms with van der Waals surface area (Å²) in [5, 5.41) is 0. The molecule has 2 unspecified atom stereocenters. The maximum absolute atomic E-state index is 11.4. The van der Waals surface area contributed by atoms with E-state index in [9.17, 15) is 4.79 Å². The van der Waals surface area contributed by atoms with Crippen molar-refractivity contribution in [1.29, 1.82) is 0 Å². The Morgan fingerprint density at radius 2 is 2.40 bits per heavy atom. The molecular formula is C12H18N2O. The second kappa shape index (κ2) is 4.17. The summed E-state index contributed by atoms with van der Waals surface area (Å²) in [5.74, 6) is 1.61. The van der Waals surface area contributed by atoms with Crippen LogP contribution in [-0.2, 0) is 18.3 Å². The molecule has 1 aliphatic carbocycles. The minimum Gasteiger partial charge on any atom is -0.338 e. The van der Waals surface area contributed by atoms with Gasteiger partial charge < -0.3 is 4.57 Å². The number of carbonyl (C=O) groups excluding carboxylic acids is 1. The molecule has 1 saturated carbocycles. The zero-order valence-electron chi connectivity index (χ0n) is 9.44. The highest BCUT2D eigenvalue weighted by Gasteiger charge is 2.26. The van der Waals surface area contributed by atoms with E-state index in [1.807, 2.05) is 24.1 Å². The predicted molar refractivity (Wildman–Crippen MR) is 58.4 cm³/mol. The van der Waals surface area contributed by atoms with E-state index in [1.54, 1.807) is 0 Å². The monoisotopic (exact) mass is 206 g/mol. The van der Waals surface area contributed by atoms with Gasteiger partial charge in [-0.1, -0.05) is 6.92 Å². The number of nitrogens with zero attached hydrogens (tertiary/aromatic N) is 2. The quantitative estimate of drug-likeness (QED) is 0.741. The lowest BCUT2D eigenvalue weighted by Gasteiger charge is -2.27. The summed E-state index contributed by atoms with van der Waals surface area (Å²) in [6.45, 7) is 2.26. The van der Waals surface area contributed by atoms with Gasteiger partial charge in [-0.25, -0.2) is 4.98 Å². The Labute approximate surface area is 90.5 Å². The maximum Gasteiger partial charge on any atom is 0.133 e. The van der Waals surface area contributed by atoms with Crippen LogP contribution in [0.15, 0.2) is 12.5 Å². The highest BCUT2D eigenvalue weighted by molar-refractivity contribution is 5.79. The highest BCUT2D eigenvalue weighted by Crippen LogP contribution is 2.30. The van der Waals surface area contributed by atoms with E-state index >= 15 is 0 Å². The summed E-state index contributed by atoms with van der Waals surface area (Å²) in [6, 6.07) is 0. The van der Waals surface area contributed by atoms with Crippen molar-refractivity contribution in [2.75, 3.05) is 0 Å². The van der Waals surface area contributed by atoms with Gasteiger partial charge >= 0.3 is 0 Å². The number of rotatable bonds is 2. The van der Waals surface area contributed by atoms with Crippen molar-refractivity contribution in [1.82, 2.24) is 9.55 Å². The Balaban J connectivity index is 2.04. The van der Waals surface area contributed by atoms with Gasteiger partial charge in [0.05, 0.1) is 6.33 Å². The molecule has 2 rings (SSSR count). The van der Waals surface area contributed by atoms with Crippen LogP contribution in [0.5, 0.6) is 0 Å². The molecule has 0 bridgehead atoms. The van der Waals surface area contributed by atoms with Gasteiger partial charge in [-0.2, -0.15) is 0 Å². The Kier molecular flexibility index (Phi) is 2.89. The predicted octanol–water partition coefficient (Wildman–Crippen LogP) is 1.97. The van der Waals surface area contributed by atoms with Gasteiger partial charge in [0.15, 0.2) is 0 Å². The number of hydrogen-bond acceptors (Lipinski definition) is 2. The summed E-state index contributed by atoms with van der Waals surface area (Å²) in [7, 11) is 2.01. The molecular weight excluding hydrogens is 188 g/mol. The molecule has 1 aromatic rings. The molecule has 3 heteroatoms. The molecule has 0 spiro atoms. The lowest BCUT2D eigenvalue weighted by molar-refractivity contribution is -0.122. The number of Topliss-reactive ketones (excluding diaryl/α,β-unsaturated/α-hetero) is 1. The normalized spacial score (nSPS) is 26.9. The minimum atomic E-state index is 0.431. The summed E-state index contributed by atoms with van der Waals surface area (Å²) in [6.07, 6.45) is 7.32. The molecule has 1 fully saturated rings. The van der Waals surface area contributed by atoms with Crippen LogP contribution in [0.4, 0.5) is 0 Å². The Morgan fingerprint density at radius 1 is 1.60 bits per heavy atom. The first-order valence-corrected chi connectivity index (χ1v) is 5.63. The summed E-state index contributed by atoms with van der Waals surface area (Å²) in [4.78, 5) is 15.5. The van der Waals surface area contributed by atoms with Crippen LogP contribution < -0.4 is 0 Å². The van der Waals surface area contributed by atoms with Gasteiger partial charge in [0.25, 0.3) is 0 Å². The van der Waals surface area contributed by atoms with E-state index in [2.05, 4.69) is 11.9 Å². The molecule has 0 N–H and O–H groups in total. The molecule has 0 aromatic carbocycles. The van der Waals surface area contributed by atoms with E-state index < -0.39 is 0 Å². The molecule has 82 valence electrons. The maximum atomic E-state index is 11.4. The third-order valence-electron chi connectivity index (χ3n) is 3.56. The van der Waals surface area contributed by atoms with Crippen molar-refractivity contribution in [3.05, 3.63) is 18.2 Å². The van der Waals surface area contributed by atoms with Crippen LogP contribution in [0.25, 0.3) is 0 Å². The standard InChI is InChI=1S/C12H18N2O/c1-9-3-4-12(15)6-10(9)5-11-7-13-8-14(11)2/h7-10H,3-6H2,1-2H3. The second-order valence-corrected chi connectivity index (χ2v) is 4.72. The van der Waals surface area contributed by atoms with E-state index in [-0.39, 0.29) is 0 Å². The Hall–Kier alpha value is -1.12. The molecule has 0 amide bonds. The van der Waals surface area contributed by atoms with Crippen LogP contribution in [-0.4, -0.2) is 15.3 Å². The SMILES string of the molecule is CC1CCC(=O)CC1Cc1cncn1C. The van der Waals surface area contributed by atoms with Gasteiger partial charge in [-0.05, 0) is 24.7 Å². The van der Waals surface area contributed by atoms with Crippen LogP contribution >= 0.6 is 0 Å². The van der Waals surface area contributed by atoms with E-state index in [1.165, 1.54) is 5.69 Å². The highest BCUT2D eigenvalue weighted by atomic mass is 16.1. The van der Waals surface area contributed by atoms with Crippen molar-refractivity contribution in [3.8, 4) is 0 Å². The van der Waals surface area contributed by atoms with Crippen molar-refractivity contribution in [3.63, 3.8) is 0 Å². The average molecular weight is 206 g/mol. The molecule has 3 nitrogen and oxygen atoms in total. The van der Waals surface area contributed by atoms with Crippen LogP contribution in [0, 0.1) is 11.8 Å². The first-order valence-electron chi connectivity index (χ1n) is 5.63. The van der Waals surface area contributed by atoms with Gasteiger partial charge in [-0.3, -0.25) is 4.79 Å². The Bertz CT molecular complexity index is 356. The lowest BCUT2D eigenvalue weighted by Crippen LogP contribution is -2.25. The van der Waals surface area contributed by atoms with Crippen LogP contribution in [0.2, 0.25) is 0 Å². The second-order valence-electron chi connectivity index (χ2n) is 4.72. The average Bonchev–Trinajstić information content (AvgIpc) is 2.58. The van der Waals surface area contributed by atoms with Gasteiger partial charge in [0, 0.05) is 31.8 Å². The zero-order chi connectivity index (χ0) is 10.8. The number of carbonyl (C=O) groups is 1. The van der Waals surface area contributed by atoms with Gasteiger partial charge in [-0.15, -0.1) is 0 Å². The fourth-order valence-corrected chi connectivity index (χ4v) is 2.34. The molecule has 0 saturated heterocycles. The first kappa shape index (κ1) is 10.4. The van der Waals surface area contributed by atoms with Crippen molar-refractivity contribution < 1.29 is 4.79 Å². The number of hydrogen-bond donors (Lipinski definition) is 0. The molecule has 1 aromatic heterocycles. The fraction of sp³-hybridized carbons (Fsp3) is 0.667. The summed E-state index contributed by atoms with van der Waals surface area (Å²) < 4.78 is 2.05. The molecule has 0 radical (unpaired) electrons. The summed E-state index contributed by atoms with van der Waals surface area (Å²) in [5.41, 5.74) is 1.24. The third-order valence-corrected chi connectivity index (χ3v) is 3.56. The number of ketones is 1.